The third-order valence-corrected chi connectivity index (χ3v) is 3.82. The van der Waals surface area contributed by atoms with E-state index in [9.17, 15) is 9.59 Å². The molecule has 118 valence electrons. The zero-order valence-corrected chi connectivity index (χ0v) is 12.3. The maximum atomic E-state index is 12.0. The zero-order valence-electron chi connectivity index (χ0n) is 12.3. The molecule has 0 aromatic heterocycles. The summed E-state index contributed by atoms with van der Waals surface area (Å²) in [5.74, 6) is 0.402. The van der Waals surface area contributed by atoms with E-state index in [1.165, 1.54) is 0 Å². The van der Waals surface area contributed by atoms with Gasteiger partial charge in [0.25, 0.3) is 5.91 Å². The molecule has 1 fully saturated rings. The van der Waals surface area contributed by atoms with E-state index in [2.05, 4.69) is 0 Å². The number of nitrogens with zero attached hydrogens (tertiary/aromatic N) is 1. The Labute approximate surface area is 128 Å². The Morgan fingerprint density at radius 2 is 1.86 bits per heavy atom. The SMILES string of the molecule is O=C(OCC(=O)N1CCCCC1)[C@@H]1COc2ccccc2O1. The molecule has 6 heteroatoms. The Bertz CT molecular complexity index is 553. The molecule has 0 saturated carbocycles. The van der Waals surface area contributed by atoms with Crippen LogP contribution in [0.2, 0.25) is 0 Å². The number of hydrogen-bond acceptors (Lipinski definition) is 5. The first kappa shape index (κ1) is 14.7. The van der Waals surface area contributed by atoms with Crippen molar-refractivity contribution in [3.63, 3.8) is 0 Å². The Morgan fingerprint density at radius 1 is 1.14 bits per heavy atom. The van der Waals surface area contributed by atoms with E-state index in [1.54, 1.807) is 23.1 Å². The molecule has 3 rings (SSSR count). The molecule has 0 spiro atoms. The average molecular weight is 305 g/mol. The summed E-state index contributed by atoms with van der Waals surface area (Å²) in [4.78, 5) is 25.7. The third kappa shape index (κ3) is 3.32. The molecule has 6 nitrogen and oxygen atoms in total. The van der Waals surface area contributed by atoms with E-state index in [4.69, 9.17) is 14.2 Å². The Hall–Kier alpha value is -2.24. The van der Waals surface area contributed by atoms with Crippen LogP contribution in [0.25, 0.3) is 0 Å². The van der Waals surface area contributed by atoms with Crippen LogP contribution in [0, 0.1) is 0 Å². The lowest BCUT2D eigenvalue weighted by Gasteiger charge is -2.27. The van der Waals surface area contributed by atoms with E-state index < -0.39 is 12.1 Å². The third-order valence-electron chi connectivity index (χ3n) is 3.82. The lowest BCUT2D eigenvalue weighted by molar-refractivity contribution is -0.160. The molecule has 2 heterocycles. The lowest BCUT2D eigenvalue weighted by atomic mass is 10.1. The van der Waals surface area contributed by atoms with Crippen LogP contribution in [0.1, 0.15) is 19.3 Å². The topological polar surface area (TPSA) is 65.1 Å². The van der Waals surface area contributed by atoms with Gasteiger partial charge in [0.1, 0.15) is 6.61 Å². The first-order chi connectivity index (χ1) is 10.7. The number of esters is 1. The van der Waals surface area contributed by atoms with Crippen molar-refractivity contribution >= 4 is 11.9 Å². The van der Waals surface area contributed by atoms with Crippen LogP contribution >= 0.6 is 0 Å². The number of piperidine rings is 1. The molecule has 2 aliphatic rings. The fourth-order valence-corrected chi connectivity index (χ4v) is 2.60. The summed E-state index contributed by atoms with van der Waals surface area (Å²) in [6, 6.07) is 7.14. The van der Waals surface area contributed by atoms with Gasteiger partial charge in [-0.05, 0) is 31.4 Å². The number of fused-ring (bicyclic) bond motifs is 1. The Kier molecular flexibility index (Phi) is 4.46. The van der Waals surface area contributed by atoms with Crippen LogP contribution in [0.4, 0.5) is 0 Å². The molecule has 2 aliphatic heterocycles. The number of likely N-dealkylation sites (tertiary alicyclic amines) is 1. The van der Waals surface area contributed by atoms with E-state index >= 15 is 0 Å². The van der Waals surface area contributed by atoms with Crippen LogP contribution in [0.15, 0.2) is 24.3 Å². The standard InChI is InChI=1S/C16H19NO5/c18-15(17-8-4-1-5-9-17)11-21-16(19)14-10-20-12-6-2-3-7-13(12)22-14/h2-3,6-7,14H,1,4-5,8-11H2/t14-/m0/s1. The van der Waals surface area contributed by atoms with Gasteiger partial charge in [0.15, 0.2) is 18.1 Å². The van der Waals surface area contributed by atoms with Gasteiger partial charge in [-0.25, -0.2) is 4.79 Å². The highest BCUT2D eigenvalue weighted by Gasteiger charge is 2.29. The van der Waals surface area contributed by atoms with Crippen LogP contribution in [0.5, 0.6) is 11.5 Å². The molecule has 0 N–H and O–H groups in total. The van der Waals surface area contributed by atoms with Crippen molar-refractivity contribution in [3.05, 3.63) is 24.3 Å². The van der Waals surface area contributed by atoms with E-state index in [0.717, 1.165) is 32.4 Å². The molecule has 1 aromatic rings. The summed E-state index contributed by atoms with van der Waals surface area (Å²) >= 11 is 0. The first-order valence-electron chi connectivity index (χ1n) is 7.57. The fourth-order valence-electron chi connectivity index (χ4n) is 2.60. The number of rotatable bonds is 3. The highest BCUT2D eigenvalue weighted by molar-refractivity contribution is 5.82. The molecule has 1 atom stereocenters. The second-order valence-corrected chi connectivity index (χ2v) is 5.41. The van der Waals surface area contributed by atoms with Crippen molar-refractivity contribution < 1.29 is 23.8 Å². The molecular weight excluding hydrogens is 286 g/mol. The van der Waals surface area contributed by atoms with Crippen LogP contribution in [-0.4, -0.2) is 49.2 Å². The predicted molar refractivity (Wildman–Crippen MR) is 77.7 cm³/mol. The maximum Gasteiger partial charge on any atom is 0.351 e. The highest BCUT2D eigenvalue weighted by Crippen LogP contribution is 2.31. The average Bonchev–Trinajstić information content (AvgIpc) is 2.59. The molecule has 22 heavy (non-hydrogen) atoms. The minimum atomic E-state index is -0.830. The highest BCUT2D eigenvalue weighted by atomic mass is 16.6. The van der Waals surface area contributed by atoms with Gasteiger partial charge in [-0.3, -0.25) is 4.79 Å². The van der Waals surface area contributed by atoms with Crippen molar-refractivity contribution in [2.45, 2.75) is 25.4 Å². The van der Waals surface area contributed by atoms with Crippen molar-refractivity contribution in [1.82, 2.24) is 4.90 Å². The Balaban J connectivity index is 1.49. The van der Waals surface area contributed by atoms with Gasteiger partial charge in [0, 0.05) is 13.1 Å². The Morgan fingerprint density at radius 3 is 2.64 bits per heavy atom. The quantitative estimate of drug-likeness (QED) is 0.789. The monoisotopic (exact) mass is 305 g/mol. The second-order valence-electron chi connectivity index (χ2n) is 5.41. The van der Waals surface area contributed by atoms with Gasteiger partial charge in [-0.2, -0.15) is 0 Å². The molecule has 0 radical (unpaired) electrons. The number of para-hydroxylation sites is 2. The lowest BCUT2D eigenvalue weighted by Crippen LogP contribution is -2.42. The van der Waals surface area contributed by atoms with E-state index in [1.807, 2.05) is 6.07 Å². The smallest absolute Gasteiger partial charge is 0.351 e. The van der Waals surface area contributed by atoms with Crippen LogP contribution in [0.3, 0.4) is 0 Å². The van der Waals surface area contributed by atoms with Crippen molar-refractivity contribution in [3.8, 4) is 11.5 Å². The summed E-state index contributed by atoms with van der Waals surface area (Å²) in [6.07, 6.45) is 2.34. The molecular formula is C16H19NO5. The zero-order chi connectivity index (χ0) is 15.4. The molecule has 1 saturated heterocycles. The number of amides is 1. The van der Waals surface area contributed by atoms with E-state index in [-0.39, 0.29) is 19.1 Å². The minimum Gasteiger partial charge on any atom is -0.485 e. The van der Waals surface area contributed by atoms with Crippen molar-refractivity contribution in [2.24, 2.45) is 0 Å². The number of ether oxygens (including phenoxy) is 3. The molecule has 1 amide bonds. The van der Waals surface area contributed by atoms with Gasteiger partial charge in [-0.15, -0.1) is 0 Å². The van der Waals surface area contributed by atoms with Crippen molar-refractivity contribution in [2.75, 3.05) is 26.3 Å². The van der Waals surface area contributed by atoms with Gasteiger partial charge in [0.2, 0.25) is 6.10 Å². The van der Waals surface area contributed by atoms with Crippen LogP contribution in [-0.2, 0) is 14.3 Å². The molecule has 0 unspecified atom stereocenters. The summed E-state index contributed by atoms with van der Waals surface area (Å²) in [6.45, 7) is 1.34. The first-order valence-corrected chi connectivity index (χ1v) is 7.57. The minimum absolute atomic E-state index is 0.0910. The van der Waals surface area contributed by atoms with Gasteiger partial charge in [-0.1, -0.05) is 12.1 Å². The van der Waals surface area contributed by atoms with E-state index in [0.29, 0.717) is 11.5 Å². The van der Waals surface area contributed by atoms with Gasteiger partial charge in [0.05, 0.1) is 0 Å². The summed E-state index contributed by atoms with van der Waals surface area (Å²) < 4.78 is 16.1. The predicted octanol–water partition coefficient (Wildman–Crippen LogP) is 1.38. The fraction of sp³-hybridized carbons (Fsp3) is 0.500. The largest absolute Gasteiger partial charge is 0.485 e. The number of carbonyl (C=O) groups is 2. The normalized spacial score (nSPS) is 20.4. The molecule has 0 bridgehead atoms. The number of carbonyl (C=O) groups excluding carboxylic acids is 2. The van der Waals surface area contributed by atoms with Gasteiger partial charge >= 0.3 is 5.97 Å². The summed E-state index contributed by atoms with van der Waals surface area (Å²) in [5.41, 5.74) is 0. The van der Waals surface area contributed by atoms with Crippen LogP contribution < -0.4 is 9.47 Å². The summed E-state index contributed by atoms with van der Waals surface area (Å²) in [5, 5.41) is 0. The molecule has 0 aliphatic carbocycles. The van der Waals surface area contributed by atoms with Crippen molar-refractivity contribution in [1.29, 1.82) is 0 Å². The second kappa shape index (κ2) is 6.68. The maximum absolute atomic E-state index is 12.0. The summed E-state index contributed by atoms with van der Waals surface area (Å²) in [7, 11) is 0. The number of hydrogen-bond donors (Lipinski definition) is 0. The molecule has 1 aromatic carbocycles. The van der Waals surface area contributed by atoms with Gasteiger partial charge < -0.3 is 19.1 Å². The number of benzene rings is 1.